The van der Waals surface area contributed by atoms with Gasteiger partial charge in [-0.1, -0.05) is 13.8 Å². The quantitative estimate of drug-likeness (QED) is 0.533. The maximum Gasteiger partial charge on any atom is 0.331 e. The van der Waals surface area contributed by atoms with E-state index in [9.17, 15) is 15.0 Å². The Balaban J connectivity index is 1.39. The van der Waals surface area contributed by atoms with Gasteiger partial charge in [0.05, 0.1) is 12.2 Å². The normalized spacial score (nSPS) is 59.5. The minimum Gasteiger partial charge on any atom is -0.458 e. The fraction of sp³-hybridized carbons (Fsp3) is 0.870. The first kappa shape index (κ1) is 17.9. The number of hydrogen-bond acceptors (Lipinski definition) is 5. The Labute approximate surface area is 166 Å². The van der Waals surface area contributed by atoms with E-state index in [0.717, 1.165) is 56.9 Å². The number of epoxide rings is 1. The van der Waals surface area contributed by atoms with Gasteiger partial charge in [0.1, 0.15) is 17.8 Å². The van der Waals surface area contributed by atoms with Crippen LogP contribution >= 0.6 is 0 Å². The smallest absolute Gasteiger partial charge is 0.331 e. The lowest BCUT2D eigenvalue weighted by molar-refractivity contribution is -0.203. The van der Waals surface area contributed by atoms with Gasteiger partial charge in [-0.25, -0.2) is 4.79 Å². The zero-order valence-electron chi connectivity index (χ0n) is 16.9. The first-order valence-electron chi connectivity index (χ1n) is 11.2. The van der Waals surface area contributed by atoms with Crippen LogP contribution in [0, 0.1) is 28.6 Å². The first-order valence-corrected chi connectivity index (χ1v) is 11.2. The van der Waals surface area contributed by atoms with Crippen molar-refractivity contribution in [1.29, 1.82) is 0 Å². The van der Waals surface area contributed by atoms with Crippen LogP contribution < -0.4 is 0 Å². The minimum atomic E-state index is -0.839. The Morgan fingerprint density at radius 2 is 1.93 bits per heavy atom. The molecule has 0 radical (unpaired) electrons. The second-order valence-corrected chi connectivity index (χ2v) is 11.1. The highest BCUT2D eigenvalue weighted by atomic mass is 16.6. The molecular formula is C23H32O5. The highest BCUT2D eigenvalue weighted by Gasteiger charge is 2.84. The number of carbonyl (C=O) groups is 1. The SMILES string of the molecule is C[C@]12CC[C@H](O)C[C@H]1C[C@H]1O[C@]13[C@@H]2CC[C@]1(C)[C@@H](C2=CC(=O)OC2)CC[C@]31O. The number of aliphatic hydroxyl groups is 2. The van der Waals surface area contributed by atoms with Crippen molar-refractivity contribution in [2.24, 2.45) is 28.6 Å². The van der Waals surface area contributed by atoms with Crippen LogP contribution in [0.15, 0.2) is 11.6 Å². The van der Waals surface area contributed by atoms with Gasteiger partial charge in [0.2, 0.25) is 0 Å². The third-order valence-corrected chi connectivity index (χ3v) is 10.3. The van der Waals surface area contributed by atoms with Gasteiger partial charge in [-0.15, -0.1) is 0 Å². The summed E-state index contributed by atoms with van der Waals surface area (Å²) in [6, 6.07) is 0. The van der Waals surface area contributed by atoms with Crippen molar-refractivity contribution in [3.63, 3.8) is 0 Å². The maximum atomic E-state index is 12.3. The largest absolute Gasteiger partial charge is 0.458 e. The molecule has 9 atom stereocenters. The molecule has 4 saturated carbocycles. The predicted molar refractivity (Wildman–Crippen MR) is 101 cm³/mol. The Hall–Kier alpha value is -0.910. The molecule has 6 aliphatic rings. The second-order valence-electron chi connectivity index (χ2n) is 11.1. The van der Waals surface area contributed by atoms with E-state index in [2.05, 4.69) is 13.8 Å². The first-order chi connectivity index (χ1) is 13.2. The molecule has 2 aliphatic heterocycles. The number of hydrogen-bond donors (Lipinski definition) is 2. The number of esters is 1. The van der Waals surface area contributed by atoms with Gasteiger partial charge in [0, 0.05) is 11.5 Å². The highest BCUT2D eigenvalue weighted by Crippen LogP contribution is 2.77. The molecule has 0 aromatic carbocycles. The van der Waals surface area contributed by atoms with Crippen LogP contribution in [0.3, 0.4) is 0 Å². The molecule has 154 valence electrons. The van der Waals surface area contributed by atoms with Crippen LogP contribution in [0.1, 0.15) is 65.2 Å². The maximum absolute atomic E-state index is 12.3. The summed E-state index contributed by atoms with van der Waals surface area (Å²) in [5, 5.41) is 22.5. The molecule has 0 amide bonds. The summed E-state index contributed by atoms with van der Waals surface area (Å²) in [6.07, 6.45) is 9.05. The van der Waals surface area contributed by atoms with E-state index in [1.54, 1.807) is 6.08 Å². The van der Waals surface area contributed by atoms with Crippen LogP contribution in [0.4, 0.5) is 0 Å². The Morgan fingerprint density at radius 1 is 1.11 bits per heavy atom. The average Bonchev–Trinajstić information content (AvgIpc) is 3.09. The van der Waals surface area contributed by atoms with Crippen LogP contribution in [0.25, 0.3) is 0 Å². The monoisotopic (exact) mass is 388 g/mol. The van der Waals surface area contributed by atoms with Crippen molar-refractivity contribution in [3.05, 3.63) is 11.6 Å². The molecule has 0 bridgehead atoms. The van der Waals surface area contributed by atoms with E-state index in [1.807, 2.05) is 0 Å². The number of fused-ring (bicyclic) bond motifs is 3. The third kappa shape index (κ3) is 1.83. The van der Waals surface area contributed by atoms with E-state index in [-0.39, 0.29) is 34.9 Å². The molecule has 0 aromatic heterocycles. The molecule has 1 spiro atoms. The van der Waals surface area contributed by atoms with E-state index < -0.39 is 11.2 Å². The van der Waals surface area contributed by atoms with Gasteiger partial charge in [-0.2, -0.15) is 0 Å². The van der Waals surface area contributed by atoms with Gasteiger partial charge in [-0.05, 0) is 80.1 Å². The van der Waals surface area contributed by atoms with E-state index in [4.69, 9.17) is 9.47 Å². The lowest BCUT2D eigenvalue weighted by atomic mass is 9.43. The zero-order valence-corrected chi connectivity index (χ0v) is 16.9. The molecule has 2 heterocycles. The summed E-state index contributed by atoms with van der Waals surface area (Å²) in [4.78, 5) is 11.7. The number of rotatable bonds is 1. The lowest BCUT2D eigenvalue weighted by Gasteiger charge is -2.62. The fourth-order valence-electron chi connectivity index (χ4n) is 8.79. The lowest BCUT2D eigenvalue weighted by Crippen LogP contribution is -2.68. The summed E-state index contributed by atoms with van der Waals surface area (Å²) in [5.74, 6) is 0.817. The number of carbonyl (C=O) groups excluding carboxylic acids is 1. The fourth-order valence-corrected chi connectivity index (χ4v) is 8.79. The third-order valence-electron chi connectivity index (χ3n) is 10.3. The Kier molecular flexibility index (Phi) is 3.34. The highest BCUT2D eigenvalue weighted by molar-refractivity contribution is 5.85. The van der Waals surface area contributed by atoms with Crippen LogP contribution in [-0.4, -0.2) is 46.2 Å². The van der Waals surface area contributed by atoms with Gasteiger partial charge in [0.25, 0.3) is 0 Å². The van der Waals surface area contributed by atoms with E-state index in [1.165, 1.54) is 0 Å². The van der Waals surface area contributed by atoms with Crippen molar-refractivity contribution >= 4 is 5.97 Å². The Morgan fingerprint density at radius 3 is 2.68 bits per heavy atom. The molecule has 28 heavy (non-hydrogen) atoms. The minimum absolute atomic E-state index is 0.125. The second kappa shape index (κ2) is 5.22. The predicted octanol–water partition coefficient (Wildman–Crippen LogP) is 2.74. The van der Waals surface area contributed by atoms with Crippen LogP contribution in [0.2, 0.25) is 0 Å². The van der Waals surface area contributed by atoms with Crippen molar-refractivity contribution in [3.8, 4) is 0 Å². The van der Waals surface area contributed by atoms with E-state index in [0.29, 0.717) is 18.4 Å². The zero-order chi connectivity index (χ0) is 19.5. The number of aliphatic hydroxyl groups excluding tert-OH is 1. The van der Waals surface area contributed by atoms with Gasteiger partial charge < -0.3 is 19.7 Å². The Bertz CT molecular complexity index is 777. The molecule has 5 nitrogen and oxygen atoms in total. The topological polar surface area (TPSA) is 79.3 Å². The van der Waals surface area contributed by atoms with Crippen molar-refractivity contribution in [2.45, 2.75) is 88.6 Å². The number of ether oxygens (including phenoxy) is 2. The molecule has 2 N–H and O–H groups in total. The van der Waals surface area contributed by atoms with Crippen LogP contribution in [-0.2, 0) is 14.3 Å². The van der Waals surface area contributed by atoms with Crippen molar-refractivity contribution < 1.29 is 24.5 Å². The summed E-state index contributed by atoms with van der Waals surface area (Å²) in [5.41, 5.74) is -0.319. The summed E-state index contributed by atoms with van der Waals surface area (Å²) < 4.78 is 11.7. The van der Waals surface area contributed by atoms with Crippen molar-refractivity contribution in [1.82, 2.24) is 0 Å². The summed E-state index contributed by atoms with van der Waals surface area (Å²) in [6.45, 7) is 5.02. The van der Waals surface area contributed by atoms with Gasteiger partial charge in [-0.3, -0.25) is 0 Å². The summed E-state index contributed by atoms with van der Waals surface area (Å²) >= 11 is 0. The molecular weight excluding hydrogens is 356 g/mol. The number of cyclic esters (lactones) is 1. The van der Waals surface area contributed by atoms with E-state index >= 15 is 0 Å². The molecule has 1 saturated heterocycles. The summed E-state index contributed by atoms with van der Waals surface area (Å²) in [7, 11) is 0. The molecule has 4 aliphatic carbocycles. The molecule has 6 rings (SSSR count). The molecule has 5 heteroatoms. The molecule has 5 fully saturated rings. The van der Waals surface area contributed by atoms with Gasteiger partial charge in [0.15, 0.2) is 0 Å². The molecule has 0 aromatic rings. The van der Waals surface area contributed by atoms with Gasteiger partial charge >= 0.3 is 5.97 Å². The van der Waals surface area contributed by atoms with Crippen molar-refractivity contribution in [2.75, 3.05) is 6.61 Å². The average molecular weight is 389 g/mol. The standard InChI is InChI=1S/C23H32O5/c1-20-6-3-15(24)10-14(20)11-18-23(28-18)17(20)5-7-21(2)16(4-8-22(21,23)26)13-9-19(25)27-12-13/h9,14-18,24,26H,3-8,10-12H2,1-2H3/t14-,15-,16+,17+,18+,20-,21+,22+,23+/m0/s1. The van der Waals surface area contributed by atoms with Crippen LogP contribution in [0.5, 0.6) is 0 Å². The molecule has 0 unspecified atom stereocenters.